The molecule has 194 valence electrons. The van der Waals surface area contributed by atoms with Gasteiger partial charge in [-0.15, -0.1) is 11.8 Å². The fraction of sp³-hybridized carbons (Fsp3) is 0.208. The molecule has 0 aliphatic carbocycles. The summed E-state index contributed by atoms with van der Waals surface area (Å²) >= 11 is 1.30. The number of rotatable bonds is 10. The lowest BCUT2D eigenvalue weighted by Crippen LogP contribution is -2.27. The Bertz CT molecular complexity index is 1240. The first kappa shape index (κ1) is 27.3. The van der Waals surface area contributed by atoms with E-state index in [2.05, 4.69) is 25.3 Å². The van der Waals surface area contributed by atoms with Crippen LogP contribution >= 0.6 is 11.8 Å². The van der Waals surface area contributed by atoms with Gasteiger partial charge in [0.2, 0.25) is 0 Å². The lowest BCUT2D eigenvalue weighted by Gasteiger charge is -2.11. The van der Waals surface area contributed by atoms with Crippen molar-refractivity contribution in [2.45, 2.75) is 17.4 Å². The fourth-order valence-corrected chi connectivity index (χ4v) is 3.75. The second kappa shape index (κ2) is 13.2. The zero-order valence-electron chi connectivity index (χ0n) is 19.8. The topological polar surface area (TPSA) is 123 Å². The average molecular weight is 532 g/mol. The maximum Gasteiger partial charge on any atom is 0.409 e. The maximum atomic E-state index is 12.8. The van der Waals surface area contributed by atoms with Crippen molar-refractivity contribution < 1.29 is 32.6 Å². The standard InChI is InChI=1S/C24H23F2N5O5S/c1-31(2)24(34)35-13-20(32)30-19-12-15(9-11-27-19)14-37-22-18(4-3-10-28-22)21(33)29-16-5-7-17(8-6-16)36-23(25)26/h3-12,23H,13-14H2,1-2H3,(H,29,33)(H,27,30,32). The quantitative estimate of drug-likeness (QED) is 0.372. The molecule has 10 nitrogen and oxygen atoms in total. The van der Waals surface area contributed by atoms with E-state index < -0.39 is 31.1 Å². The van der Waals surface area contributed by atoms with Gasteiger partial charge in [-0.25, -0.2) is 14.8 Å². The Morgan fingerprint density at radius 1 is 1.03 bits per heavy atom. The van der Waals surface area contributed by atoms with Gasteiger partial charge in [-0.05, 0) is 54.1 Å². The van der Waals surface area contributed by atoms with Crippen LogP contribution in [0.1, 0.15) is 15.9 Å². The number of alkyl halides is 2. The van der Waals surface area contributed by atoms with E-state index in [4.69, 9.17) is 4.74 Å². The second-order valence-corrected chi connectivity index (χ2v) is 8.51. The minimum atomic E-state index is -2.93. The van der Waals surface area contributed by atoms with Crippen LogP contribution in [0.25, 0.3) is 0 Å². The summed E-state index contributed by atoms with van der Waals surface area (Å²) in [5.41, 5.74) is 1.52. The van der Waals surface area contributed by atoms with Gasteiger partial charge in [-0.2, -0.15) is 8.78 Å². The third-order valence-corrected chi connectivity index (χ3v) is 5.59. The number of benzene rings is 1. The van der Waals surface area contributed by atoms with E-state index in [-0.39, 0.29) is 11.6 Å². The summed E-state index contributed by atoms with van der Waals surface area (Å²) < 4.78 is 33.8. The number of carbonyl (C=O) groups excluding carboxylic acids is 3. The molecular formula is C24H23F2N5O5S. The first-order valence-electron chi connectivity index (χ1n) is 10.7. The molecule has 2 N–H and O–H groups in total. The van der Waals surface area contributed by atoms with Crippen LogP contribution in [0.15, 0.2) is 66.0 Å². The highest BCUT2D eigenvalue weighted by Gasteiger charge is 2.15. The smallest absolute Gasteiger partial charge is 0.409 e. The highest BCUT2D eigenvalue weighted by Crippen LogP contribution is 2.26. The van der Waals surface area contributed by atoms with Gasteiger partial charge >= 0.3 is 12.7 Å². The molecule has 3 rings (SSSR count). The van der Waals surface area contributed by atoms with Crippen molar-refractivity contribution in [1.29, 1.82) is 0 Å². The Morgan fingerprint density at radius 3 is 2.49 bits per heavy atom. The zero-order valence-corrected chi connectivity index (χ0v) is 20.6. The van der Waals surface area contributed by atoms with E-state index >= 15 is 0 Å². The molecule has 13 heteroatoms. The number of ether oxygens (including phenoxy) is 2. The average Bonchev–Trinajstić information content (AvgIpc) is 2.87. The number of anilines is 2. The molecule has 0 atom stereocenters. The minimum absolute atomic E-state index is 0.0203. The highest BCUT2D eigenvalue weighted by atomic mass is 32.2. The molecule has 0 saturated carbocycles. The molecule has 3 amide bonds. The number of amides is 3. The first-order valence-corrected chi connectivity index (χ1v) is 11.7. The molecule has 0 saturated heterocycles. The molecule has 0 aliphatic heterocycles. The summed E-state index contributed by atoms with van der Waals surface area (Å²) in [6, 6.07) is 12.2. The Kier molecular flexibility index (Phi) is 9.72. The molecular weight excluding hydrogens is 508 g/mol. The number of nitrogens with one attached hydrogen (secondary N) is 2. The number of aromatic nitrogens is 2. The summed E-state index contributed by atoms with van der Waals surface area (Å²) in [6.45, 7) is -3.39. The number of carbonyl (C=O) groups is 3. The molecule has 2 aromatic heterocycles. The van der Waals surface area contributed by atoms with Crippen LogP contribution in [-0.4, -0.2) is 60.1 Å². The summed E-state index contributed by atoms with van der Waals surface area (Å²) in [4.78, 5) is 45.9. The Morgan fingerprint density at radius 2 is 1.78 bits per heavy atom. The molecule has 3 aromatic rings. The summed E-state index contributed by atoms with van der Waals surface area (Å²) in [5, 5.41) is 5.73. The monoisotopic (exact) mass is 531 g/mol. The van der Waals surface area contributed by atoms with Crippen molar-refractivity contribution in [3.05, 3.63) is 72.1 Å². The number of nitrogens with zero attached hydrogens (tertiary/aromatic N) is 3. The van der Waals surface area contributed by atoms with E-state index in [1.807, 2.05) is 0 Å². The van der Waals surface area contributed by atoms with E-state index in [1.54, 1.807) is 30.5 Å². The van der Waals surface area contributed by atoms with Gasteiger partial charge < -0.3 is 25.0 Å². The van der Waals surface area contributed by atoms with Crippen LogP contribution in [-0.2, 0) is 15.3 Å². The third-order valence-electron chi connectivity index (χ3n) is 4.51. The molecule has 0 fully saturated rings. The summed E-state index contributed by atoms with van der Waals surface area (Å²) in [5.74, 6) is -0.286. The molecule has 37 heavy (non-hydrogen) atoms. The van der Waals surface area contributed by atoms with Gasteiger partial charge in [0.05, 0.1) is 5.56 Å². The lowest BCUT2D eigenvalue weighted by atomic mass is 10.2. The van der Waals surface area contributed by atoms with Crippen LogP contribution in [0.2, 0.25) is 0 Å². The molecule has 0 unspecified atom stereocenters. The summed E-state index contributed by atoms with van der Waals surface area (Å²) in [6.07, 6.45) is 2.44. The van der Waals surface area contributed by atoms with Gasteiger partial charge in [-0.3, -0.25) is 9.59 Å². The number of hydrogen-bond donors (Lipinski definition) is 2. The normalized spacial score (nSPS) is 10.5. The van der Waals surface area contributed by atoms with Crippen LogP contribution in [0.4, 0.5) is 25.1 Å². The molecule has 2 heterocycles. The van der Waals surface area contributed by atoms with Gasteiger partial charge in [0.1, 0.15) is 16.6 Å². The molecule has 0 spiro atoms. The zero-order chi connectivity index (χ0) is 26.8. The number of thioether (sulfide) groups is 1. The van der Waals surface area contributed by atoms with Crippen LogP contribution in [0, 0.1) is 0 Å². The maximum absolute atomic E-state index is 12.8. The van der Waals surface area contributed by atoms with Crippen molar-refractivity contribution in [1.82, 2.24) is 14.9 Å². The first-order chi connectivity index (χ1) is 17.7. The second-order valence-electron chi connectivity index (χ2n) is 7.55. The van der Waals surface area contributed by atoms with Crippen molar-refractivity contribution in [3.8, 4) is 5.75 Å². The Labute approximate surface area is 215 Å². The van der Waals surface area contributed by atoms with Gasteiger partial charge in [0, 0.05) is 37.9 Å². The largest absolute Gasteiger partial charge is 0.439 e. The molecule has 1 aromatic carbocycles. The van der Waals surface area contributed by atoms with Gasteiger partial charge in [-0.1, -0.05) is 0 Å². The van der Waals surface area contributed by atoms with Gasteiger partial charge in [0.15, 0.2) is 6.61 Å². The van der Waals surface area contributed by atoms with Crippen LogP contribution in [0.5, 0.6) is 5.75 Å². The third kappa shape index (κ3) is 8.72. The van der Waals surface area contributed by atoms with E-state index in [0.29, 0.717) is 22.0 Å². The Hall–Kier alpha value is -4.26. The fourth-order valence-electron chi connectivity index (χ4n) is 2.82. The van der Waals surface area contributed by atoms with Crippen molar-refractivity contribution >= 4 is 41.2 Å². The SMILES string of the molecule is CN(C)C(=O)OCC(=O)Nc1cc(CSc2ncccc2C(=O)Nc2ccc(OC(F)F)cc2)ccn1. The lowest BCUT2D eigenvalue weighted by molar-refractivity contribution is -0.119. The van der Waals surface area contributed by atoms with Crippen LogP contribution < -0.4 is 15.4 Å². The molecule has 0 radical (unpaired) electrons. The van der Waals surface area contributed by atoms with E-state index in [0.717, 1.165) is 5.56 Å². The number of halogens is 2. The van der Waals surface area contributed by atoms with Gasteiger partial charge in [0.25, 0.3) is 11.8 Å². The van der Waals surface area contributed by atoms with E-state index in [1.165, 1.54) is 61.2 Å². The Balaban J connectivity index is 1.59. The predicted molar refractivity (Wildman–Crippen MR) is 133 cm³/mol. The van der Waals surface area contributed by atoms with Crippen molar-refractivity contribution in [2.24, 2.45) is 0 Å². The highest BCUT2D eigenvalue weighted by molar-refractivity contribution is 7.98. The number of hydrogen-bond acceptors (Lipinski definition) is 8. The van der Waals surface area contributed by atoms with Crippen molar-refractivity contribution in [3.63, 3.8) is 0 Å². The minimum Gasteiger partial charge on any atom is -0.439 e. The molecule has 0 bridgehead atoms. The van der Waals surface area contributed by atoms with E-state index in [9.17, 15) is 23.2 Å². The van der Waals surface area contributed by atoms with Crippen molar-refractivity contribution in [2.75, 3.05) is 31.3 Å². The molecule has 0 aliphatic rings. The van der Waals surface area contributed by atoms with Crippen LogP contribution in [0.3, 0.4) is 0 Å². The predicted octanol–water partition coefficient (Wildman–Crippen LogP) is 4.26. The number of pyridine rings is 2. The summed E-state index contributed by atoms with van der Waals surface area (Å²) in [7, 11) is 3.01.